The molecule has 0 aliphatic rings. The van der Waals surface area contributed by atoms with Crippen LogP contribution in [0.5, 0.6) is 0 Å². The zero-order valence-corrected chi connectivity index (χ0v) is 9.91. The van der Waals surface area contributed by atoms with Crippen LogP contribution >= 0.6 is 0 Å². The minimum absolute atomic E-state index is 0.547. The van der Waals surface area contributed by atoms with Gasteiger partial charge in [-0.15, -0.1) is 0 Å². The number of hydrogen-bond acceptors (Lipinski definition) is 2. The summed E-state index contributed by atoms with van der Waals surface area (Å²) < 4.78 is 12.0. The van der Waals surface area contributed by atoms with E-state index in [1.165, 1.54) is 5.56 Å². The van der Waals surface area contributed by atoms with Gasteiger partial charge in [-0.3, -0.25) is 9.19 Å². The molecule has 0 unspecified atom stereocenters. The smallest absolute Gasteiger partial charge is 0.0574 e. The minimum Gasteiger partial charge on any atom is -0.265 e. The number of hydrogen-bond donors (Lipinski definition) is 0. The first kappa shape index (κ1) is 11.0. The van der Waals surface area contributed by atoms with Crippen molar-refractivity contribution in [2.75, 3.05) is 0 Å². The van der Waals surface area contributed by atoms with E-state index in [-0.39, 0.29) is 0 Å². The second-order valence-electron chi connectivity index (χ2n) is 3.66. The Labute approximate surface area is 97.8 Å². The number of nitrogens with zero attached hydrogens (tertiary/aromatic N) is 1. The van der Waals surface area contributed by atoms with Gasteiger partial charge in [0.05, 0.1) is 16.6 Å². The van der Waals surface area contributed by atoms with Crippen LogP contribution in [0.15, 0.2) is 53.7 Å². The molecule has 0 bridgehead atoms. The van der Waals surface area contributed by atoms with Crippen LogP contribution in [-0.2, 0) is 16.6 Å². The van der Waals surface area contributed by atoms with Crippen molar-refractivity contribution in [3.05, 3.63) is 59.9 Å². The summed E-state index contributed by atoms with van der Waals surface area (Å²) in [6.07, 6.45) is 3.45. The minimum atomic E-state index is -0.970. The summed E-state index contributed by atoms with van der Waals surface area (Å²) >= 11 is 0. The first-order valence-electron chi connectivity index (χ1n) is 5.09. The highest BCUT2D eigenvalue weighted by atomic mass is 32.2. The highest BCUT2D eigenvalue weighted by molar-refractivity contribution is 7.84. The molecule has 0 saturated carbocycles. The Morgan fingerprint density at radius 1 is 1.06 bits per heavy atom. The van der Waals surface area contributed by atoms with Gasteiger partial charge in [-0.25, -0.2) is 0 Å². The molecule has 1 aromatic carbocycles. The van der Waals surface area contributed by atoms with Crippen molar-refractivity contribution >= 4 is 10.8 Å². The summed E-state index contributed by atoms with van der Waals surface area (Å²) in [4.78, 5) is 4.82. The zero-order chi connectivity index (χ0) is 11.4. The van der Waals surface area contributed by atoms with Crippen molar-refractivity contribution in [3.8, 4) is 0 Å². The molecule has 0 amide bonds. The average Bonchev–Trinajstić information content (AvgIpc) is 2.31. The molecule has 82 valence electrons. The predicted molar refractivity (Wildman–Crippen MR) is 65.5 cm³/mol. The van der Waals surface area contributed by atoms with Gasteiger partial charge in [0.15, 0.2) is 0 Å². The lowest BCUT2D eigenvalue weighted by molar-refractivity contribution is 0.682. The van der Waals surface area contributed by atoms with Crippen molar-refractivity contribution in [2.24, 2.45) is 0 Å². The maximum atomic E-state index is 12.0. The largest absolute Gasteiger partial charge is 0.265 e. The monoisotopic (exact) mass is 231 g/mol. The predicted octanol–water partition coefficient (Wildman–Crippen LogP) is 2.70. The summed E-state index contributed by atoms with van der Waals surface area (Å²) in [5.74, 6) is 0.547. The number of aromatic nitrogens is 1. The van der Waals surface area contributed by atoms with Crippen LogP contribution in [0.4, 0.5) is 0 Å². The van der Waals surface area contributed by atoms with Gasteiger partial charge in [-0.05, 0) is 36.8 Å². The van der Waals surface area contributed by atoms with Crippen molar-refractivity contribution < 1.29 is 4.21 Å². The first-order chi connectivity index (χ1) is 7.75. The topological polar surface area (TPSA) is 30.0 Å². The molecular weight excluding hydrogens is 218 g/mol. The molecule has 1 atom stereocenters. The molecule has 1 aromatic heterocycles. The highest BCUT2D eigenvalue weighted by Crippen LogP contribution is 2.12. The molecule has 3 heteroatoms. The van der Waals surface area contributed by atoms with E-state index >= 15 is 0 Å². The maximum absolute atomic E-state index is 12.0. The van der Waals surface area contributed by atoms with Crippen LogP contribution in [0, 0.1) is 6.92 Å². The van der Waals surface area contributed by atoms with E-state index < -0.39 is 10.8 Å². The molecule has 16 heavy (non-hydrogen) atoms. The number of pyridine rings is 1. The summed E-state index contributed by atoms with van der Waals surface area (Å²) in [5.41, 5.74) is 2.23. The molecule has 0 aliphatic carbocycles. The third-order valence-corrected chi connectivity index (χ3v) is 3.72. The Hall–Kier alpha value is -1.48. The lowest BCUT2D eigenvalue weighted by Crippen LogP contribution is -1.96. The molecular formula is C13H13NOS. The Kier molecular flexibility index (Phi) is 3.47. The van der Waals surface area contributed by atoms with E-state index in [4.69, 9.17) is 0 Å². The summed E-state index contributed by atoms with van der Waals surface area (Å²) in [7, 11) is -0.970. The quantitative estimate of drug-likeness (QED) is 0.813. The summed E-state index contributed by atoms with van der Waals surface area (Å²) in [6, 6.07) is 11.6. The van der Waals surface area contributed by atoms with Crippen LogP contribution in [0.25, 0.3) is 0 Å². The second-order valence-corrected chi connectivity index (χ2v) is 5.11. The summed E-state index contributed by atoms with van der Waals surface area (Å²) in [6.45, 7) is 2.02. The Morgan fingerprint density at radius 2 is 1.69 bits per heavy atom. The Morgan fingerprint density at radius 3 is 2.31 bits per heavy atom. The lowest BCUT2D eigenvalue weighted by atomic mass is 10.2. The molecule has 2 rings (SSSR count). The molecule has 1 heterocycles. The fraction of sp³-hybridized carbons (Fsp3) is 0.154. The summed E-state index contributed by atoms with van der Waals surface area (Å²) in [5, 5.41) is 0. The Balaban J connectivity index is 2.12. The van der Waals surface area contributed by atoms with Crippen molar-refractivity contribution in [1.29, 1.82) is 0 Å². The average molecular weight is 231 g/mol. The van der Waals surface area contributed by atoms with Gasteiger partial charge in [0, 0.05) is 17.3 Å². The van der Waals surface area contributed by atoms with Crippen LogP contribution in [0.2, 0.25) is 0 Å². The molecule has 0 N–H and O–H groups in total. The molecule has 0 radical (unpaired) electrons. The third-order valence-electron chi connectivity index (χ3n) is 2.33. The van der Waals surface area contributed by atoms with E-state index in [2.05, 4.69) is 4.98 Å². The van der Waals surface area contributed by atoms with Crippen molar-refractivity contribution in [2.45, 2.75) is 17.6 Å². The van der Waals surface area contributed by atoms with E-state index in [9.17, 15) is 4.21 Å². The van der Waals surface area contributed by atoms with Gasteiger partial charge in [0.1, 0.15) is 0 Å². The molecule has 2 aromatic rings. The fourth-order valence-electron chi connectivity index (χ4n) is 1.40. The van der Waals surface area contributed by atoms with Gasteiger partial charge in [0.2, 0.25) is 0 Å². The van der Waals surface area contributed by atoms with E-state index in [1.54, 1.807) is 12.4 Å². The molecule has 0 spiro atoms. The van der Waals surface area contributed by atoms with Crippen LogP contribution in [0.3, 0.4) is 0 Å². The Bertz CT molecular complexity index is 479. The number of aryl methyl sites for hydroxylation is 1. The van der Waals surface area contributed by atoms with Crippen LogP contribution in [-0.4, -0.2) is 9.19 Å². The second kappa shape index (κ2) is 5.03. The van der Waals surface area contributed by atoms with Crippen molar-refractivity contribution in [3.63, 3.8) is 0 Å². The van der Waals surface area contributed by atoms with Gasteiger partial charge in [0.25, 0.3) is 0 Å². The van der Waals surface area contributed by atoms with E-state index in [0.717, 1.165) is 10.5 Å². The third kappa shape index (κ3) is 2.76. The van der Waals surface area contributed by atoms with E-state index in [0.29, 0.717) is 5.75 Å². The normalized spacial score (nSPS) is 12.3. The van der Waals surface area contributed by atoms with Gasteiger partial charge < -0.3 is 0 Å². The lowest BCUT2D eigenvalue weighted by Gasteiger charge is -2.02. The number of benzene rings is 1. The highest BCUT2D eigenvalue weighted by Gasteiger charge is 2.04. The maximum Gasteiger partial charge on any atom is 0.0574 e. The molecule has 0 aliphatic heterocycles. The molecule has 0 saturated heterocycles. The van der Waals surface area contributed by atoms with Gasteiger partial charge in [-0.1, -0.05) is 17.7 Å². The van der Waals surface area contributed by atoms with E-state index in [1.807, 2.05) is 43.3 Å². The standard InChI is InChI=1S/C13H13NOS/c1-11-2-4-13(5-3-11)16(15)10-12-6-8-14-9-7-12/h2-9H,10H2,1H3/t16-/m0/s1. The number of rotatable bonds is 3. The van der Waals surface area contributed by atoms with Crippen molar-refractivity contribution in [1.82, 2.24) is 4.98 Å². The van der Waals surface area contributed by atoms with Gasteiger partial charge >= 0.3 is 0 Å². The first-order valence-corrected chi connectivity index (χ1v) is 6.41. The van der Waals surface area contributed by atoms with Crippen LogP contribution in [0.1, 0.15) is 11.1 Å². The molecule has 0 fully saturated rings. The van der Waals surface area contributed by atoms with Gasteiger partial charge in [-0.2, -0.15) is 0 Å². The molecule has 2 nitrogen and oxygen atoms in total. The van der Waals surface area contributed by atoms with Crippen LogP contribution < -0.4 is 0 Å². The SMILES string of the molecule is Cc1ccc([S@@](=O)Cc2ccncc2)cc1. The fourth-order valence-corrected chi connectivity index (χ4v) is 2.51. The zero-order valence-electron chi connectivity index (χ0n) is 9.09.